The van der Waals surface area contributed by atoms with Crippen molar-refractivity contribution in [3.63, 3.8) is 0 Å². The normalized spacial score (nSPS) is 20.7. The van der Waals surface area contributed by atoms with Crippen LogP contribution in [0.25, 0.3) is 0 Å². The molecule has 0 spiro atoms. The van der Waals surface area contributed by atoms with E-state index in [9.17, 15) is 9.90 Å². The molecule has 1 saturated heterocycles. The summed E-state index contributed by atoms with van der Waals surface area (Å²) in [6.45, 7) is 1.91. The number of aryl methyl sites for hydroxylation is 1. The SMILES string of the molecule is COc1cccc(CCC(=O)NCC2CNCC2O)c1.Cl. The molecule has 21 heavy (non-hydrogen) atoms. The maximum Gasteiger partial charge on any atom is 0.220 e. The van der Waals surface area contributed by atoms with Crippen molar-refractivity contribution in [3.05, 3.63) is 29.8 Å². The number of amides is 1. The number of halogens is 1. The maximum atomic E-state index is 11.8. The van der Waals surface area contributed by atoms with Crippen LogP contribution in [-0.4, -0.2) is 43.9 Å². The first-order valence-corrected chi connectivity index (χ1v) is 6.97. The Morgan fingerprint density at radius 1 is 1.48 bits per heavy atom. The minimum absolute atomic E-state index is 0. The van der Waals surface area contributed by atoms with E-state index >= 15 is 0 Å². The molecule has 0 aliphatic carbocycles. The first kappa shape index (κ1) is 17.8. The number of methoxy groups -OCH3 is 1. The molecule has 0 bridgehead atoms. The minimum Gasteiger partial charge on any atom is -0.497 e. The Morgan fingerprint density at radius 2 is 2.29 bits per heavy atom. The van der Waals surface area contributed by atoms with E-state index in [0.717, 1.165) is 17.9 Å². The highest BCUT2D eigenvalue weighted by molar-refractivity contribution is 5.85. The molecular formula is C15H23ClN2O3. The van der Waals surface area contributed by atoms with Gasteiger partial charge in [0.25, 0.3) is 0 Å². The number of hydrogen-bond acceptors (Lipinski definition) is 4. The molecule has 5 nitrogen and oxygen atoms in total. The second-order valence-electron chi connectivity index (χ2n) is 5.14. The molecule has 3 N–H and O–H groups in total. The van der Waals surface area contributed by atoms with Gasteiger partial charge in [0.15, 0.2) is 0 Å². The van der Waals surface area contributed by atoms with Crippen molar-refractivity contribution in [2.45, 2.75) is 18.9 Å². The van der Waals surface area contributed by atoms with E-state index in [4.69, 9.17) is 4.74 Å². The number of rotatable bonds is 6. The fourth-order valence-corrected chi connectivity index (χ4v) is 2.35. The lowest BCUT2D eigenvalue weighted by Gasteiger charge is -2.14. The van der Waals surface area contributed by atoms with E-state index in [2.05, 4.69) is 10.6 Å². The number of aliphatic hydroxyl groups excluding tert-OH is 1. The van der Waals surface area contributed by atoms with Crippen LogP contribution in [0.4, 0.5) is 0 Å². The van der Waals surface area contributed by atoms with Gasteiger partial charge in [-0.3, -0.25) is 4.79 Å². The largest absolute Gasteiger partial charge is 0.497 e. The van der Waals surface area contributed by atoms with E-state index in [1.165, 1.54) is 0 Å². The molecule has 0 saturated carbocycles. The van der Waals surface area contributed by atoms with Gasteiger partial charge in [-0.1, -0.05) is 12.1 Å². The van der Waals surface area contributed by atoms with E-state index < -0.39 is 0 Å². The fourth-order valence-electron chi connectivity index (χ4n) is 2.35. The maximum absolute atomic E-state index is 11.8. The monoisotopic (exact) mass is 314 g/mol. The van der Waals surface area contributed by atoms with Gasteiger partial charge in [0.05, 0.1) is 13.2 Å². The van der Waals surface area contributed by atoms with Crippen LogP contribution < -0.4 is 15.4 Å². The van der Waals surface area contributed by atoms with Gasteiger partial charge in [-0.15, -0.1) is 12.4 Å². The highest BCUT2D eigenvalue weighted by atomic mass is 35.5. The summed E-state index contributed by atoms with van der Waals surface area (Å²) < 4.78 is 5.15. The number of aliphatic hydroxyl groups is 1. The number of nitrogens with one attached hydrogen (secondary N) is 2. The summed E-state index contributed by atoms with van der Waals surface area (Å²) in [5, 5.41) is 15.6. The molecule has 2 unspecified atom stereocenters. The summed E-state index contributed by atoms with van der Waals surface area (Å²) in [6, 6.07) is 7.74. The first-order chi connectivity index (χ1) is 9.69. The molecule has 1 aliphatic heterocycles. The minimum atomic E-state index is -0.353. The van der Waals surface area contributed by atoms with Gasteiger partial charge in [0.1, 0.15) is 5.75 Å². The Labute approximate surface area is 131 Å². The topological polar surface area (TPSA) is 70.6 Å². The average Bonchev–Trinajstić information content (AvgIpc) is 2.88. The molecule has 1 aromatic rings. The Balaban J connectivity index is 0.00000220. The van der Waals surface area contributed by atoms with Crippen LogP contribution in [0, 0.1) is 5.92 Å². The Hall–Kier alpha value is -1.30. The zero-order valence-corrected chi connectivity index (χ0v) is 13.0. The predicted molar refractivity (Wildman–Crippen MR) is 83.9 cm³/mol. The number of benzene rings is 1. The summed E-state index contributed by atoms with van der Waals surface area (Å²) in [5.74, 6) is 0.950. The van der Waals surface area contributed by atoms with Gasteiger partial charge in [-0.05, 0) is 24.1 Å². The van der Waals surface area contributed by atoms with Crippen molar-refractivity contribution < 1.29 is 14.6 Å². The average molecular weight is 315 g/mol. The molecule has 118 valence electrons. The molecule has 1 fully saturated rings. The van der Waals surface area contributed by atoms with Crippen molar-refractivity contribution in [2.24, 2.45) is 5.92 Å². The van der Waals surface area contributed by atoms with Crippen LogP contribution in [0.5, 0.6) is 5.75 Å². The highest BCUT2D eigenvalue weighted by Gasteiger charge is 2.24. The van der Waals surface area contributed by atoms with Crippen molar-refractivity contribution in [2.75, 3.05) is 26.7 Å². The standard InChI is InChI=1S/C15H22N2O3.ClH/c1-20-13-4-2-3-11(7-13)5-6-15(19)17-9-12-8-16-10-14(12)18;/h2-4,7,12,14,16,18H,5-6,8-10H2,1H3,(H,17,19);1H. The number of β-amino-alcohol motifs (C(OH)–C–C–N with tert-alkyl or cyclic N) is 1. The smallest absolute Gasteiger partial charge is 0.220 e. The third-order valence-electron chi connectivity index (χ3n) is 3.64. The molecule has 2 atom stereocenters. The van der Waals surface area contributed by atoms with Crippen LogP contribution in [-0.2, 0) is 11.2 Å². The predicted octanol–water partition coefficient (Wildman–Crippen LogP) is 0.746. The van der Waals surface area contributed by atoms with Gasteiger partial charge in [0, 0.05) is 32.0 Å². The van der Waals surface area contributed by atoms with Crippen LogP contribution >= 0.6 is 12.4 Å². The van der Waals surface area contributed by atoms with E-state index in [0.29, 0.717) is 25.9 Å². The molecule has 1 aliphatic rings. The Morgan fingerprint density at radius 3 is 2.95 bits per heavy atom. The number of hydrogen-bond donors (Lipinski definition) is 3. The second-order valence-corrected chi connectivity index (χ2v) is 5.14. The number of carbonyl (C=O) groups excluding carboxylic acids is 1. The van der Waals surface area contributed by atoms with Crippen LogP contribution in [0.1, 0.15) is 12.0 Å². The number of ether oxygens (including phenoxy) is 1. The quantitative estimate of drug-likeness (QED) is 0.724. The third kappa shape index (κ3) is 5.53. The lowest BCUT2D eigenvalue weighted by atomic mass is 10.1. The number of carbonyl (C=O) groups is 1. The van der Waals surface area contributed by atoms with Crippen molar-refractivity contribution in [3.8, 4) is 5.75 Å². The molecule has 0 radical (unpaired) electrons. The summed E-state index contributed by atoms with van der Waals surface area (Å²) in [4.78, 5) is 11.8. The van der Waals surface area contributed by atoms with E-state index in [-0.39, 0.29) is 30.3 Å². The summed E-state index contributed by atoms with van der Waals surface area (Å²) in [7, 11) is 1.63. The molecular weight excluding hydrogens is 292 g/mol. The van der Waals surface area contributed by atoms with Gasteiger partial charge in [-0.2, -0.15) is 0 Å². The molecule has 1 amide bonds. The second kappa shape index (κ2) is 8.87. The Kier molecular flexibility index (Phi) is 7.50. The van der Waals surface area contributed by atoms with E-state index in [1.54, 1.807) is 7.11 Å². The summed E-state index contributed by atoms with van der Waals surface area (Å²) >= 11 is 0. The van der Waals surface area contributed by atoms with Crippen LogP contribution in [0.3, 0.4) is 0 Å². The van der Waals surface area contributed by atoms with E-state index in [1.807, 2.05) is 24.3 Å². The fraction of sp³-hybridized carbons (Fsp3) is 0.533. The lowest BCUT2D eigenvalue weighted by molar-refractivity contribution is -0.121. The van der Waals surface area contributed by atoms with Crippen LogP contribution in [0.15, 0.2) is 24.3 Å². The first-order valence-electron chi connectivity index (χ1n) is 6.97. The Bertz CT molecular complexity index is 456. The molecule has 0 aromatic heterocycles. The molecule has 1 heterocycles. The molecule has 1 aromatic carbocycles. The van der Waals surface area contributed by atoms with Gasteiger partial charge >= 0.3 is 0 Å². The van der Waals surface area contributed by atoms with Gasteiger partial charge < -0.3 is 20.5 Å². The molecule has 6 heteroatoms. The van der Waals surface area contributed by atoms with Crippen molar-refractivity contribution in [1.29, 1.82) is 0 Å². The van der Waals surface area contributed by atoms with Gasteiger partial charge in [-0.25, -0.2) is 0 Å². The lowest BCUT2D eigenvalue weighted by Crippen LogP contribution is -2.34. The molecule has 2 rings (SSSR count). The highest BCUT2D eigenvalue weighted by Crippen LogP contribution is 2.14. The van der Waals surface area contributed by atoms with Crippen molar-refractivity contribution >= 4 is 18.3 Å². The van der Waals surface area contributed by atoms with Crippen LogP contribution in [0.2, 0.25) is 0 Å². The zero-order valence-electron chi connectivity index (χ0n) is 12.2. The van der Waals surface area contributed by atoms with Gasteiger partial charge in [0.2, 0.25) is 5.91 Å². The summed E-state index contributed by atoms with van der Waals surface area (Å²) in [5.41, 5.74) is 1.09. The third-order valence-corrected chi connectivity index (χ3v) is 3.64. The zero-order chi connectivity index (χ0) is 14.4. The van der Waals surface area contributed by atoms with Crippen molar-refractivity contribution in [1.82, 2.24) is 10.6 Å². The summed E-state index contributed by atoms with van der Waals surface area (Å²) in [6.07, 6.45) is 0.784.